The molecule has 0 saturated heterocycles. The number of para-hydroxylation sites is 1. The van der Waals surface area contributed by atoms with E-state index in [0.29, 0.717) is 0 Å². The fourth-order valence-electron chi connectivity index (χ4n) is 14.0. The van der Waals surface area contributed by atoms with Gasteiger partial charge in [0.25, 0.3) is 0 Å². The van der Waals surface area contributed by atoms with Gasteiger partial charge in [-0.3, -0.25) is 0 Å². The van der Waals surface area contributed by atoms with Gasteiger partial charge in [0, 0.05) is 16.8 Å². The Bertz CT molecular complexity index is 4240. The molecule has 2 atom stereocenters. The number of anilines is 2. The van der Waals surface area contributed by atoms with Crippen LogP contribution in [0.5, 0.6) is 0 Å². The summed E-state index contributed by atoms with van der Waals surface area (Å²) in [5.41, 5.74) is 16.7. The average molecular weight is 932 g/mol. The van der Waals surface area contributed by atoms with Crippen LogP contribution < -0.4 is 4.90 Å². The Hall–Kier alpha value is -8.52. The minimum absolute atomic E-state index is 0.0134. The molecule has 2 aliphatic rings. The Morgan fingerprint density at radius 2 is 0.740 bits per heavy atom. The molecule has 13 aromatic rings. The van der Waals surface area contributed by atoms with E-state index in [2.05, 4.69) is 255 Å². The lowest BCUT2D eigenvalue weighted by Crippen LogP contribution is -2.54. The van der Waals surface area contributed by atoms with Crippen molar-refractivity contribution in [1.82, 2.24) is 0 Å². The summed E-state index contributed by atoms with van der Waals surface area (Å²) in [6.45, 7) is 5.06. The van der Waals surface area contributed by atoms with E-state index in [9.17, 15) is 0 Å². The van der Waals surface area contributed by atoms with Gasteiger partial charge in [0.1, 0.15) is 0 Å². The standard InChI is InChI=1S/C72H53N/c1-71-41-12-13-42-72(71,2)73(52-23-4-3-5-24-52)68-40-35-51(43-67(68)71)46-31-33-50(34-32-46)63-44-64(56-28-14-20-47-17-6-9-25-53(47)56)60-38-39-62-66(58-30-16-22-49-19-8-11-27-55(49)58)45-65(61-37-36-59(63)69(60)70(61)62)57-29-15-21-48-18-7-10-26-54(48)57/h3-11,14-40,43-45H,12-13,41-42H2,1-2H3. The van der Waals surface area contributed by atoms with E-state index < -0.39 is 0 Å². The molecule has 346 valence electrons. The monoisotopic (exact) mass is 931 g/mol. The van der Waals surface area contributed by atoms with Crippen LogP contribution in [-0.2, 0) is 5.41 Å². The Balaban J connectivity index is 0.976. The van der Waals surface area contributed by atoms with Crippen molar-refractivity contribution in [1.29, 1.82) is 0 Å². The van der Waals surface area contributed by atoms with E-state index in [4.69, 9.17) is 0 Å². The zero-order valence-corrected chi connectivity index (χ0v) is 41.3. The molecule has 1 heteroatoms. The van der Waals surface area contributed by atoms with Crippen molar-refractivity contribution < 1.29 is 0 Å². The Morgan fingerprint density at radius 3 is 1.27 bits per heavy atom. The summed E-state index contributed by atoms with van der Waals surface area (Å²) in [7, 11) is 0. The highest BCUT2D eigenvalue weighted by atomic mass is 15.3. The molecule has 0 N–H and O–H groups in total. The van der Waals surface area contributed by atoms with Crippen molar-refractivity contribution in [3.8, 4) is 55.6 Å². The fourth-order valence-corrected chi connectivity index (χ4v) is 14.0. The van der Waals surface area contributed by atoms with Crippen molar-refractivity contribution in [2.75, 3.05) is 4.90 Å². The molecule has 13 aromatic carbocycles. The largest absolute Gasteiger partial charge is 0.334 e. The number of benzene rings is 13. The van der Waals surface area contributed by atoms with Gasteiger partial charge in [-0.15, -0.1) is 0 Å². The van der Waals surface area contributed by atoms with Crippen LogP contribution in [0.4, 0.5) is 11.4 Å². The highest BCUT2D eigenvalue weighted by Crippen LogP contribution is 2.61. The molecule has 1 aliphatic heterocycles. The first-order valence-electron chi connectivity index (χ1n) is 26.3. The molecule has 1 heterocycles. The molecule has 0 aromatic heterocycles. The van der Waals surface area contributed by atoms with E-state index in [1.54, 1.807) is 0 Å². The zero-order chi connectivity index (χ0) is 48.4. The van der Waals surface area contributed by atoms with Crippen LogP contribution >= 0.6 is 0 Å². The van der Waals surface area contributed by atoms with Gasteiger partial charge in [-0.25, -0.2) is 0 Å². The lowest BCUT2D eigenvalue weighted by Gasteiger charge is -2.50. The maximum Gasteiger partial charge on any atom is 0.0517 e. The first-order valence-corrected chi connectivity index (χ1v) is 26.3. The molecule has 73 heavy (non-hydrogen) atoms. The zero-order valence-electron chi connectivity index (χ0n) is 41.3. The molecule has 0 amide bonds. The number of fused-ring (bicyclic) bond motifs is 6. The summed E-state index contributed by atoms with van der Waals surface area (Å²) in [6, 6.07) is 89.6. The normalized spacial score (nSPS) is 17.6. The third kappa shape index (κ3) is 6.15. The molecule has 1 nitrogen and oxygen atoms in total. The van der Waals surface area contributed by atoms with E-state index in [-0.39, 0.29) is 11.0 Å². The van der Waals surface area contributed by atoms with Crippen molar-refractivity contribution in [2.24, 2.45) is 0 Å². The van der Waals surface area contributed by atoms with Gasteiger partial charge in [-0.05, 0) is 182 Å². The lowest BCUT2D eigenvalue weighted by molar-refractivity contribution is 0.195. The van der Waals surface area contributed by atoms with Crippen LogP contribution in [0, 0.1) is 0 Å². The fraction of sp³-hybridized carbons (Fsp3) is 0.111. The van der Waals surface area contributed by atoms with Crippen molar-refractivity contribution >= 4 is 76.0 Å². The molecule has 1 fully saturated rings. The number of rotatable bonds is 6. The van der Waals surface area contributed by atoms with E-state index in [1.807, 2.05) is 0 Å². The minimum atomic E-state index is 0.0134. The Morgan fingerprint density at radius 1 is 0.315 bits per heavy atom. The molecular weight excluding hydrogens is 879 g/mol. The highest BCUT2D eigenvalue weighted by Gasteiger charge is 2.57. The molecule has 15 rings (SSSR count). The summed E-state index contributed by atoms with van der Waals surface area (Å²) in [6.07, 6.45) is 4.91. The van der Waals surface area contributed by atoms with E-state index in [0.717, 1.165) is 0 Å². The summed E-state index contributed by atoms with van der Waals surface area (Å²) < 4.78 is 0. The molecule has 0 bridgehead atoms. The minimum Gasteiger partial charge on any atom is -0.334 e. The van der Waals surface area contributed by atoms with Crippen molar-refractivity contribution in [3.63, 3.8) is 0 Å². The topological polar surface area (TPSA) is 3.24 Å². The quantitative estimate of drug-likeness (QED) is 0.150. The summed E-state index contributed by atoms with van der Waals surface area (Å²) >= 11 is 0. The number of nitrogens with zero attached hydrogens (tertiary/aromatic N) is 1. The second kappa shape index (κ2) is 16.0. The van der Waals surface area contributed by atoms with E-state index >= 15 is 0 Å². The smallest absolute Gasteiger partial charge is 0.0517 e. The predicted molar refractivity (Wildman–Crippen MR) is 313 cm³/mol. The van der Waals surface area contributed by atoms with Gasteiger partial charge in [0.2, 0.25) is 0 Å². The van der Waals surface area contributed by atoms with E-state index in [1.165, 1.54) is 163 Å². The summed E-state index contributed by atoms with van der Waals surface area (Å²) in [5.74, 6) is 0. The number of hydrogen-bond donors (Lipinski definition) is 0. The molecule has 1 saturated carbocycles. The SMILES string of the molecule is CC12CCCCC1(C)N(c1ccccc1)c1ccc(-c3ccc(-c4cc(-c5cccc6ccccc56)c5ccc6c(-c7cccc8ccccc78)cc(-c7cccc8ccccc78)c7ccc4c5c76)cc3)cc12. The second-order valence-electron chi connectivity index (χ2n) is 21.4. The van der Waals surface area contributed by atoms with Gasteiger partial charge in [-0.1, -0.05) is 220 Å². The van der Waals surface area contributed by atoms with Gasteiger partial charge in [0.15, 0.2) is 0 Å². The average Bonchev–Trinajstić information content (AvgIpc) is 3.67. The van der Waals surface area contributed by atoms with Gasteiger partial charge in [-0.2, -0.15) is 0 Å². The first-order chi connectivity index (χ1) is 35.9. The second-order valence-corrected chi connectivity index (χ2v) is 21.4. The maximum absolute atomic E-state index is 2.67. The molecule has 1 aliphatic carbocycles. The van der Waals surface area contributed by atoms with Crippen molar-refractivity contribution in [3.05, 3.63) is 242 Å². The third-order valence-electron chi connectivity index (χ3n) is 17.8. The highest BCUT2D eigenvalue weighted by molar-refractivity contribution is 6.33. The maximum atomic E-state index is 2.67. The third-order valence-corrected chi connectivity index (χ3v) is 17.8. The lowest BCUT2D eigenvalue weighted by atomic mass is 9.61. The van der Waals surface area contributed by atoms with Crippen LogP contribution in [0.25, 0.3) is 120 Å². The predicted octanol–water partition coefficient (Wildman–Crippen LogP) is 20.1. The molecule has 0 spiro atoms. The van der Waals surface area contributed by atoms with Crippen LogP contribution in [-0.4, -0.2) is 5.54 Å². The molecular formula is C72H53N. The van der Waals surface area contributed by atoms with Crippen LogP contribution in [0.3, 0.4) is 0 Å². The van der Waals surface area contributed by atoms with Crippen LogP contribution in [0.2, 0.25) is 0 Å². The van der Waals surface area contributed by atoms with Crippen molar-refractivity contribution in [2.45, 2.75) is 50.5 Å². The Labute approximate surface area is 427 Å². The van der Waals surface area contributed by atoms with Crippen LogP contribution in [0.1, 0.15) is 45.1 Å². The van der Waals surface area contributed by atoms with Gasteiger partial charge >= 0.3 is 0 Å². The number of hydrogen-bond acceptors (Lipinski definition) is 1. The first kappa shape index (κ1) is 42.2. The van der Waals surface area contributed by atoms with Crippen LogP contribution in [0.15, 0.2) is 237 Å². The Kier molecular flexibility index (Phi) is 9.24. The summed E-state index contributed by atoms with van der Waals surface area (Å²) in [4.78, 5) is 2.67. The summed E-state index contributed by atoms with van der Waals surface area (Å²) in [5, 5.41) is 15.2. The van der Waals surface area contributed by atoms with Gasteiger partial charge < -0.3 is 4.90 Å². The molecule has 0 radical (unpaired) electrons. The van der Waals surface area contributed by atoms with Gasteiger partial charge in [0.05, 0.1) is 5.54 Å². The molecule has 2 unspecified atom stereocenters.